The molecule has 2 aromatic heterocycles. The molecule has 8 nitrogen and oxygen atoms in total. The molecule has 1 aliphatic heterocycles. The van der Waals surface area contributed by atoms with Gasteiger partial charge in [0, 0.05) is 38.1 Å². The van der Waals surface area contributed by atoms with Crippen molar-refractivity contribution in [2.75, 3.05) is 29.4 Å². The Kier molecular flexibility index (Phi) is 6.13. The van der Waals surface area contributed by atoms with E-state index < -0.39 is 0 Å². The summed E-state index contributed by atoms with van der Waals surface area (Å²) < 4.78 is 0. The molecule has 1 aliphatic carbocycles. The number of nitrogens with one attached hydrogen (secondary N) is 1. The third-order valence-electron chi connectivity index (χ3n) is 6.82. The molecule has 3 heterocycles. The van der Waals surface area contributed by atoms with Crippen LogP contribution in [0, 0.1) is 13.8 Å². The normalized spacial score (nSPS) is 18.1. The van der Waals surface area contributed by atoms with Crippen LogP contribution in [0.25, 0.3) is 0 Å². The van der Waals surface area contributed by atoms with Gasteiger partial charge in [0.2, 0.25) is 0 Å². The van der Waals surface area contributed by atoms with Gasteiger partial charge < -0.3 is 15.1 Å². The maximum atomic E-state index is 12.2. The van der Waals surface area contributed by atoms with Crippen molar-refractivity contribution in [2.45, 2.75) is 52.1 Å². The number of rotatable bonds is 6. The third kappa shape index (κ3) is 4.71. The molecule has 0 radical (unpaired) electrons. The van der Waals surface area contributed by atoms with Crippen LogP contribution in [-0.2, 0) is 6.42 Å². The molecule has 2 fully saturated rings. The second-order valence-corrected chi connectivity index (χ2v) is 9.38. The van der Waals surface area contributed by atoms with E-state index in [-0.39, 0.29) is 11.9 Å². The number of hydrogen-bond donors (Lipinski definition) is 1. The molecule has 1 atom stereocenters. The maximum absolute atomic E-state index is 12.2. The first-order chi connectivity index (χ1) is 16.5. The molecule has 1 N–H and O–H groups in total. The van der Waals surface area contributed by atoms with E-state index >= 15 is 0 Å². The van der Waals surface area contributed by atoms with Crippen molar-refractivity contribution in [1.29, 1.82) is 0 Å². The van der Waals surface area contributed by atoms with E-state index in [1.54, 1.807) is 12.4 Å². The topological polar surface area (TPSA) is 87.1 Å². The molecular formula is C26H31N7O. The first kappa shape index (κ1) is 22.3. The average Bonchev–Trinajstić information content (AvgIpc) is 3.67. The van der Waals surface area contributed by atoms with Gasteiger partial charge in [0.15, 0.2) is 5.82 Å². The standard InChI is InChI=1S/C26H31N7O/c1-17-16-32(25-19(3)18(2)22(30-31-25)13-20-7-5-4-6-8-20)11-12-33(17)24-15-27-23(14-28-24)26(34)29-21-9-10-21/h4-8,14-15,17,21H,9-13,16H2,1-3H3,(H,29,34)/t17-/m1/s1. The maximum Gasteiger partial charge on any atom is 0.271 e. The highest BCUT2D eigenvalue weighted by Gasteiger charge is 2.28. The highest BCUT2D eigenvalue weighted by molar-refractivity contribution is 5.92. The summed E-state index contributed by atoms with van der Waals surface area (Å²) in [4.78, 5) is 25.6. The fraction of sp³-hybridized carbons (Fsp3) is 0.423. The van der Waals surface area contributed by atoms with Crippen LogP contribution in [0.15, 0.2) is 42.7 Å². The highest BCUT2D eigenvalue weighted by atomic mass is 16.2. The summed E-state index contributed by atoms with van der Waals surface area (Å²) in [7, 11) is 0. The number of piperazine rings is 1. The van der Waals surface area contributed by atoms with Crippen molar-refractivity contribution < 1.29 is 4.79 Å². The molecular weight excluding hydrogens is 426 g/mol. The summed E-state index contributed by atoms with van der Waals surface area (Å²) in [6.07, 6.45) is 6.19. The average molecular weight is 458 g/mol. The van der Waals surface area contributed by atoms with Crippen molar-refractivity contribution in [3.63, 3.8) is 0 Å². The molecule has 0 unspecified atom stereocenters. The number of benzene rings is 1. The van der Waals surface area contributed by atoms with Gasteiger partial charge in [-0.1, -0.05) is 30.3 Å². The summed E-state index contributed by atoms with van der Waals surface area (Å²) in [5, 5.41) is 12.2. The lowest BCUT2D eigenvalue weighted by Gasteiger charge is -2.41. The van der Waals surface area contributed by atoms with Crippen molar-refractivity contribution in [3.05, 3.63) is 70.8 Å². The second kappa shape index (κ2) is 9.37. The minimum atomic E-state index is -0.139. The molecule has 176 valence electrons. The molecule has 2 aliphatic rings. The Bertz CT molecular complexity index is 1160. The Balaban J connectivity index is 1.25. The predicted molar refractivity (Wildman–Crippen MR) is 132 cm³/mol. The van der Waals surface area contributed by atoms with Gasteiger partial charge in [0.25, 0.3) is 5.91 Å². The highest BCUT2D eigenvalue weighted by Crippen LogP contribution is 2.26. The van der Waals surface area contributed by atoms with Crippen molar-refractivity contribution in [1.82, 2.24) is 25.5 Å². The fourth-order valence-corrected chi connectivity index (χ4v) is 4.46. The zero-order valence-electron chi connectivity index (χ0n) is 20.0. The molecule has 34 heavy (non-hydrogen) atoms. The minimum Gasteiger partial charge on any atom is -0.351 e. The Morgan fingerprint density at radius 3 is 2.50 bits per heavy atom. The van der Waals surface area contributed by atoms with Gasteiger partial charge >= 0.3 is 0 Å². The Morgan fingerprint density at radius 2 is 1.82 bits per heavy atom. The van der Waals surface area contributed by atoms with E-state index in [1.165, 1.54) is 16.7 Å². The molecule has 0 spiro atoms. The lowest BCUT2D eigenvalue weighted by Crippen LogP contribution is -2.53. The van der Waals surface area contributed by atoms with Gasteiger partial charge in [-0.25, -0.2) is 9.97 Å². The van der Waals surface area contributed by atoms with Crippen LogP contribution >= 0.6 is 0 Å². The largest absolute Gasteiger partial charge is 0.351 e. The van der Waals surface area contributed by atoms with Gasteiger partial charge in [-0.05, 0) is 50.3 Å². The smallest absolute Gasteiger partial charge is 0.271 e. The lowest BCUT2D eigenvalue weighted by atomic mass is 10.0. The van der Waals surface area contributed by atoms with Gasteiger partial charge in [-0.3, -0.25) is 4.79 Å². The molecule has 8 heteroatoms. The number of hydrogen-bond acceptors (Lipinski definition) is 7. The van der Waals surface area contributed by atoms with Crippen LogP contribution in [-0.4, -0.2) is 57.8 Å². The number of carbonyl (C=O) groups excluding carboxylic acids is 1. The molecule has 1 amide bonds. The van der Waals surface area contributed by atoms with Gasteiger partial charge in [-0.2, -0.15) is 5.10 Å². The summed E-state index contributed by atoms with van der Waals surface area (Å²) in [5.74, 6) is 1.62. The van der Waals surface area contributed by atoms with E-state index in [9.17, 15) is 4.79 Å². The van der Waals surface area contributed by atoms with Gasteiger partial charge in [0.1, 0.15) is 11.5 Å². The quantitative estimate of drug-likeness (QED) is 0.609. The van der Waals surface area contributed by atoms with Gasteiger partial charge in [-0.15, -0.1) is 5.10 Å². The molecule has 1 saturated heterocycles. The number of nitrogens with zero attached hydrogens (tertiary/aromatic N) is 6. The molecule has 1 aromatic carbocycles. The van der Waals surface area contributed by atoms with E-state index in [2.05, 4.69) is 80.3 Å². The zero-order valence-corrected chi connectivity index (χ0v) is 20.0. The minimum absolute atomic E-state index is 0.139. The summed E-state index contributed by atoms with van der Waals surface area (Å²) in [5.41, 5.74) is 5.04. The van der Waals surface area contributed by atoms with Crippen LogP contribution < -0.4 is 15.1 Å². The van der Waals surface area contributed by atoms with Gasteiger partial charge in [0.05, 0.1) is 18.1 Å². The zero-order chi connectivity index (χ0) is 23.7. The van der Waals surface area contributed by atoms with Crippen molar-refractivity contribution in [2.24, 2.45) is 0 Å². The first-order valence-corrected chi connectivity index (χ1v) is 12.0. The first-order valence-electron chi connectivity index (χ1n) is 12.0. The monoisotopic (exact) mass is 457 g/mol. The van der Waals surface area contributed by atoms with Crippen molar-refractivity contribution >= 4 is 17.5 Å². The fourth-order valence-electron chi connectivity index (χ4n) is 4.46. The Hall–Kier alpha value is -3.55. The molecule has 3 aromatic rings. The lowest BCUT2D eigenvalue weighted by molar-refractivity contribution is 0.0945. The van der Waals surface area contributed by atoms with Crippen LogP contribution in [0.5, 0.6) is 0 Å². The Morgan fingerprint density at radius 1 is 1.03 bits per heavy atom. The number of carbonyl (C=O) groups is 1. The summed E-state index contributed by atoms with van der Waals surface area (Å²) >= 11 is 0. The van der Waals surface area contributed by atoms with Crippen molar-refractivity contribution in [3.8, 4) is 0 Å². The molecule has 5 rings (SSSR count). The number of amides is 1. The Labute approximate surface area is 200 Å². The van der Waals surface area contributed by atoms with Crippen LogP contribution in [0.3, 0.4) is 0 Å². The van der Waals surface area contributed by atoms with Crippen LogP contribution in [0.4, 0.5) is 11.6 Å². The summed E-state index contributed by atoms with van der Waals surface area (Å²) in [6, 6.07) is 10.9. The predicted octanol–water partition coefficient (Wildman–Crippen LogP) is 3.08. The SMILES string of the molecule is Cc1c(Cc2ccccc2)nnc(N2CCN(c3cnc(C(=O)NC4CC4)cn3)[C@H](C)C2)c1C. The second-order valence-electron chi connectivity index (χ2n) is 9.38. The number of aromatic nitrogens is 4. The van der Waals surface area contributed by atoms with Crippen LogP contribution in [0.2, 0.25) is 0 Å². The molecule has 0 bridgehead atoms. The van der Waals surface area contributed by atoms with E-state index in [0.717, 1.165) is 56.2 Å². The van der Waals surface area contributed by atoms with Crippen LogP contribution in [0.1, 0.15) is 52.6 Å². The number of anilines is 2. The third-order valence-corrected chi connectivity index (χ3v) is 6.82. The molecule has 1 saturated carbocycles. The van der Waals surface area contributed by atoms with E-state index in [0.29, 0.717) is 11.7 Å². The van der Waals surface area contributed by atoms with E-state index in [4.69, 9.17) is 0 Å². The van der Waals surface area contributed by atoms with E-state index in [1.807, 2.05) is 6.07 Å². The summed E-state index contributed by atoms with van der Waals surface area (Å²) in [6.45, 7) is 8.90.